The number of carbonyl (C=O) groups excluding carboxylic acids is 1. The Hall–Kier alpha value is -1.61. The first kappa shape index (κ1) is 15.4. The van der Waals surface area contributed by atoms with E-state index in [9.17, 15) is 4.79 Å². The van der Waals surface area contributed by atoms with Gasteiger partial charge in [-0.3, -0.25) is 9.69 Å². The molecule has 1 unspecified atom stereocenters. The maximum Gasteiger partial charge on any atom is 0.221 e. The molecule has 104 valence electrons. The number of rotatable bonds is 6. The van der Waals surface area contributed by atoms with Crippen molar-refractivity contribution >= 4 is 12.0 Å². The molecule has 0 saturated heterocycles. The van der Waals surface area contributed by atoms with E-state index in [1.165, 1.54) is 11.1 Å². The molecule has 3 nitrogen and oxygen atoms in total. The number of benzene rings is 1. The molecular weight excluding hydrogens is 236 g/mol. The highest BCUT2D eigenvalue weighted by Crippen LogP contribution is 2.09. The smallest absolute Gasteiger partial charge is 0.221 e. The molecule has 1 atom stereocenters. The van der Waals surface area contributed by atoms with Gasteiger partial charge in [-0.15, -0.1) is 0 Å². The van der Waals surface area contributed by atoms with Crippen LogP contribution in [0.15, 0.2) is 35.9 Å². The highest BCUT2D eigenvalue weighted by molar-refractivity contribution is 5.76. The molecule has 1 N–H and O–H groups in total. The van der Waals surface area contributed by atoms with Crippen LogP contribution in [0.5, 0.6) is 0 Å². The maximum atomic E-state index is 11.4. The zero-order chi connectivity index (χ0) is 14.3. The first-order chi connectivity index (χ1) is 9.02. The predicted octanol–water partition coefficient (Wildman–Crippen LogP) is 2.55. The van der Waals surface area contributed by atoms with Crippen molar-refractivity contribution < 1.29 is 4.79 Å². The van der Waals surface area contributed by atoms with Crippen molar-refractivity contribution in [2.45, 2.75) is 26.3 Å². The van der Waals surface area contributed by atoms with Gasteiger partial charge in [0.05, 0.1) is 0 Å². The van der Waals surface area contributed by atoms with Crippen LogP contribution < -0.4 is 5.32 Å². The van der Waals surface area contributed by atoms with E-state index >= 15 is 0 Å². The summed E-state index contributed by atoms with van der Waals surface area (Å²) in [6.45, 7) is 5.06. The molecule has 0 radical (unpaired) electrons. The van der Waals surface area contributed by atoms with Crippen molar-refractivity contribution in [2.24, 2.45) is 0 Å². The molecule has 0 aliphatic carbocycles. The Balaban J connectivity index is 2.54. The van der Waals surface area contributed by atoms with Gasteiger partial charge in [0.25, 0.3) is 0 Å². The van der Waals surface area contributed by atoms with E-state index in [-0.39, 0.29) is 11.9 Å². The molecular formula is C16H24N2O. The van der Waals surface area contributed by atoms with Crippen molar-refractivity contribution in [1.82, 2.24) is 10.2 Å². The molecule has 0 aliphatic rings. The van der Waals surface area contributed by atoms with E-state index in [4.69, 9.17) is 0 Å². The lowest BCUT2D eigenvalue weighted by Gasteiger charge is -2.24. The molecule has 0 fully saturated rings. The molecule has 1 aromatic carbocycles. The lowest BCUT2D eigenvalue weighted by molar-refractivity contribution is -0.121. The monoisotopic (exact) mass is 260 g/mol. The maximum absolute atomic E-state index is 11.4. The SMILES string of the molecule is CNC(=O)CC(C)N(C)CC(C)=Cc1ccccc1. The summed E-state index contributed by atoms with van der Waals surface area (Å²) in [4.78, 5) is 13.5. The van der Waals surface area contributed by atoms with Crippen molar-refractivity contribution in [2.75, 3.05) is 20.6 Å². The van der Waals surface area contributed by atoms with Crippen LogP contribution in [0.2, 0.25) is 0 Å². The number of hydrogen-bond acceptors (Lipinski definition) is 2. The minimum atomic E-state index is 0.0871. The number of amides is 1. The van der Waals surface area contributed by atoms with Crippen LogP contribution >= 0.6 is 0 Å². The molecule has 0 saturated carbocycles. The van der Waals surface area contributed by atoms with Gasteiger partial charge in [0.2, 0.25) is 5.91 Å². The highest BCUT2D eigenvalue weighted by atomic mass is 16.1. The number of nitrogens with one attached hydrogen (secondary N) is 1. The molecule has 0 aliphatic heterocycles. The molecule has 0 spiro atoms. The van der Waals surface area contributed by atoms with E-state index in [0.29, 0.717) is 6.42 Å². The molecule has 1 rings (SSSR count). The number of hydrogen-bond donors (Lipinski definition) is 1. The second-order valence-corrected chi connectivity index (χ2v) is 5.04. The standard InChI is InChI=1S/C16H24N2O/c1-13(10-15-8-6-5-7-9-15)12-18(4)14(2)11-16(19)17-3/h5-10,14H,11-12H2,1-4H3,(H,17,19). The third-order valence-corrected chi connectivity index (χ3v) is 3.22. The van der Waals surface area contributed by atoms with Crippen molar-refractivity contribution in [3.8, 4) is 0 Å². The predicted molar refractivity (Wildman–Crippen MR) is 80.9 cm³/mol. The molecule has 0 heterocycles. The van der Waals surface area contributed by atoms with Crippen LogP contribution in [0.4, 0.5) is 0 Å². The summed E-state index contributed by atoms with van der Waals surface area (Å²) in [6, 6.07) is 10.5. The third-order valence-electron chi connectivity index (χ3n) is 3.22. The van der Waals surface area contributed by atoms with Gasteiger partial charge in [-0.25, -0.2) is 0 Å². The summed E-state index contributed by atoms with van der Waals surface area (Å²) in [5.74, 6) is 0.0871. The first-order valence-corrected chi connectivity index (χ1v) is 6.66. The van der Waals surface area contributed by atoms with Crippen molar-refractivity contribution in [1.29, 1.82) is 0 Å². The second-order valence-electron chi connectivity index (χ2n) is 5.04. The van der Waals surface area contributed by atoms with Gasteiger partial charge in [0.1, 0.15) is 0 Å². The fourth-order valence-electron chi connectivity index (χ4n) is 1.95. The van der Waals surface area contributed by atoms with E-state index < -0.39 is 0 Å². The summed E-state index contributed by atoms with van der Waals surface area (Å²) >= 11 is 0. The van der Waals surface area contributed by atoms with Crippen LogP contribution in [-0.2, 0) is 4.79 Å². The van der Waals surface area contributed by atoms with Gasteiger partial charge >= 0.3 is 0 Å². The van der Waals surface area contributed by atoms with E-state index in [1.807, 2.05) is 18.2 Å². The van der Waals surface area contributed by atoms with Crippen LogP contribution in [-0.4, -0.2) is 37.5 Å². The Morgan fingerprint density at radius 2 is 2.00 bits per heavy atom. The Morgan fingerprint density at radius 3 is 2.58 bits per heavy atom. The second kappa shape index (κ2) is 7.74. The fourth-order valence-corrected chi connectivity index (χ4v) is 1.95. The van der Waals surface area contributed by atoms with E-state index in [1.54, 1.807) is 7.05 Å². The summed E-state index contributed by atoms with van der Waals surface area (Å²) in [5.41, 5.74) is 2.50. The lowest BCUT2D eigenvalue weighted by Crippen LogP contribution is -2.35. The largest absolute Gasteiger partial charge is 0.359 e. The first-order valence-electron chi connectivity index (χ1n) is 6.66. The average molecular weight is 260 g/mol. The molecule has 1 amide bonds. The van der Waals surface area contributed by atoms with Gasteiger partial charge < -0.3 is 5.32 Å². The van der Waals surface area contributed by atoms with Crippen LogP contribution in [0.3, 0.4) is 0 Å². The molecule has 0 aromatic heterocycles. The van der Waals surface area contributed by atoms with Gasteiger partial charge in [-0.2, -0.15) is 0 Å². The van der Waals surface area contributed by atoms with Crippen molar-refractivity contribution in [3.05, 3.63) is 41.5 Å². The Bertz CT molecular complexity index is 426. The van der Waals surface area contributed by atoms with E-state index in [0.717, 1.165) is 6.54 Å². The molecule has 0 bridgehead atoms. The van der Waals surface area contributed by atoms with Crippen molar-refractivity contribution in [3.63, 3.8) is 0 Å². The zero-order valence-corrected chi connectivity index (χ0v) is 12.3. The summed E-state index contributed by atoms with van der Waals surface area (Å²) < 4.78 is 0. The zero-order valence-electron chi connectivity index (χ0n) is 12.3. The topological polar surface area (TPSA) is 32.3 Å². The van der Waals surface area contributed by atoms with E-state index in [2.05, 4.69) is 49.3 Å². The summed E-state index contributed by atoms with van der Waals surface area (Å²) in [7, 11) is 3.73. The lowest BCUT2D eigenvalue weighted by atomic mass is 10.1. The minimum Gasteiger partial charge on any atom is -0.359 e. The molecule has 1 aromatic rings. The van der Waals surface area contributed by atoms with Gasteiger partial charge in [-0.1, -0.05) is 42.0 Å². The van der Waals surface area contributed by atoms with Gasteiger partial charge in [-0.05, 0) is 26.5 Å². The molecule has 3 heteroatoms. The Labute approximate surface area is 116 Å². The molecule has 19 heavy (non-hydrogen) atoms. The number of carbonyl (C=O) groups is 1. The Morgan fingerprint density at radius 1 is 1.37 bits per heavy atom. The average Bonchev–Trinajstić information content (AvgIpc) is 2.39. The minimum absolute atomic E-state index is 0.0871. The fraction of sp³-hybridized carbons (Fsp3) is 0.438. The quantitative estimate of drug-likeness (QED) is 0.852. The number of likely N-dealkylation sites (N-methyl/N-ethyl adjacent to an activating group) is 1. The number of nitrogens with zero attached hydrogens (tertiary/aromatic N) is 1. The summed E-state index contributed by atoms with van der Waals surface area (Å²) in [6.07, 6.45) is 2.72. The van der Waals surface area contributed by atoms with Crippen LogP contribution in [0.25, 0.3) is 6.08 Å². The third kappa shape index (κ3) is 5.71. The Kier molecular flexibility index (Phi) is 6.30. The normalized spacial score (nSPS) is 13.4. The van der Waals surface area contributed by atoms with Crippen LogP contribution in [0.1, 0.15) is 25.8 Å². The van der Waals surface area contributed by atoms with Crippen LogP contribution in [0, 0.1) is 0 Å². The highest BCUT2D eigenvalue weighted by Gasteiger charge is 2.12. The summed E-state index contributed by atoms with van der Waals surface area (Å²) in [5, 5.41) is 2.66. The van der Waals surface area contributed by atoms with Gasteiger partial charge in [0, 0.05) is 26.1 Å². The van der Waals surface area contributed by atoms with Gasteiger partial charge in [0.15, 0.2) is 0 Å².